The zero-order chi connectivity index (χ0) is 27.3. The average Bonchev–Trinajstić information content (AvgIpc) is 3.36. The summed E-state index contributed by atoms with van der Waals surface area (Å²) in [6.45, 7) is -0.258. The number of rotatable bonds is 5. The highest BCUT2D eigenvalue weighted by molar-refractivity contribution is 9.10. The zero-order valence-corrected chi connectivity index (χ0v) is 23.3. The van der Waals surface area contributed by atoms with E-state index in [9.17, 15) is 24.3 Å². The highest BCUT2D eigenvalue weighted by Crippen LogP contribution is 2.54. The van der Waals surface area contributed by atoms with E-state index in [1.807, 2.05) is 30.3 Å². The van der Waals surface area contributed by atoms with Gasteiger partial charge in [-0.1, -0.05) is 69.4 Å². The van der Waals surface area contributed by atoms with E-state index in [1.165, 1.54) is 33.4 Å². The van der Waals surface area contributed by atoms with Crippen LogP contribution in [0.25, 0.3) is 0 Å². The fraction of sp³-hybridized carbons (Fsp3) is 0.143. The van der Waals surface area contributed by atoms with Crippen LogP contribution in [-0.4, -0.2) is 32.6 Å². The molecule has 0 bridgehead atoms. The first-order valence-corrected chi connectivity index (χ1v) is 14.5. The number of aromatic nitrogens is 1. The third kappa shape index (κ3) is 4.60. The first-order chi connectivity index (χ1) is 18.8. The van der Waals surface area contributed by atoms with E-state index in [4.69, 9.17) is 0 Å². The predicted octanol–water partition coefficient (Wildman–Crippen LogP) is 4.81. The number of benzene rings is 3. The van der Waals surface area contributed by atoms with Crippen molar-refractivity contribution in [3.63, 3.8) is 0 Å². The van der Waals surface area contributed by atoms with Gasteiger partial charge in [0.1, 0.15) is 17.5 Å². The minimum absolute atomic E-state index is 0.0704. The van der Waals surface area contributed by atoms with Crippen LogP contribution in [0.15, 0.2) is 93.2 Å². The summed E-state index contributed by atoms with van der Waals surface area (Å²) in [6.07, 6.45) is 0. The number of carbonyl (C=O) groups is 3. The van der Waals surface area contributed by atoms with Crippen LogP contribution in [0.1, 0.15) is 16.4 Å². The summed E-state index contributed by atoms with van der Waals surface area (Å²) in [7, 11) is 0. The van der Waals surface area contributed by atoms with Gasteiger partial charge in [0.25, 0.3) is 0 Å². The molecule has 1 fully saturated rings. The van der Waals surface area contributed by atoms with Gasteiger partial charge in [0.05, 0.1) is 16.6 Å². The summed E-state index contributed by atoms with van der Waals surface area (Å²) in [5.74, 6) is -2.25. The lowest BCUT2D eigenvalue weighted by atomic mass is 9.83. The predicted molar refractivity (Wildman–Crippen MR) is 153 cm³/mol. The fourth-order valence-electron chi connectivity index (χ4n) is 5.03. The molecule has 1 saturated heterocycles. The molecule has 11 heteroatoms. The number of phenolic OH excluding ortho intramolecular Hbond substituents is 1. The molecule has 0 aliphatic carbocycles. The normalized spacial score (nSPS) is 20.0. The molecule has 39 heavy (non-hydrogen) atoms. The third-order valence-corrected chi connectivity index (χ3v) is 9.82. The number of phenols is 1. The Labute approximate surface area is 239 Å². The van der Waals surface area contributed by atoms with E-state index in [1.54, 1.807) is 36.4 Å². The highest BCUT2D eigenvalue weighted by Gasteiger charge is 2.56. The van der Waals surface area contributed by atoms with Crippen LogP contribution in [0.4, 0.5) is 11.4 Å². The van der Waals surface area contributed by atoms with E-state index in [0.717, 1.165) is 21.4 Å². The van der Waals surface area contributed by atoms with Crippen molar-refractivity contribution in [3.05, 3.63) is 103 Å². The number of anilines is 2. The van der Waals surface area contributed by atoms with E-state index >= 15 is 0 Å². The first kappa shape index (κ1) is 25.6. The molecule has 3 unspecified atom stereocenters. The SMILES string of the molecule is O=C(Cn1c2c(sc1=O)C(c1cccc(Br)c1)C1C(=O)N(c3ccccc3)C(=O)C1S2)Nc1ccc(O)cc1. The monoisotopic (exact) mass is 621 g/mol. The molecule has 8 nitrogen and oxygen atoms in total. The molecule has 3 heterocycles. The number of amides is 3. The van der Waals surface area contributed by atoms with Crippen molar-refractivity contribution in [3.8, 4) is 5.75 Å². The van der Waals surface area contributed by atoms with Crippen molar-refractivity contribution in [2.24, 2.45) is 5.92 Å². The molecule has 3 aromatic carbocycles. The van der Waals surface area contributed by atoms with Crippen LogP contribution < -0.4 is 15.1 Å². The van der Waals surface area contributed by atoms with E-state index in [0.29, 0.717) is 21.3 Å². The minimum Gasteiger partial charge on any atom is -0.508 e. The maximum Gasteiger partial charge on any atom is 0.308 e. The standard InChI is InChI=1S/C28H20BrN3O5S2/c29-16-6-4-5-15(13-16)21-22-23(26(36)32(25(22)35)18-7-2-1-3-8-18)38-27-24(21)39-28(37)31(27)14-20(34)30-17-9-11-19(33)12-10-17/h1-13,21-23,33H,14H2,(H,30,34). The Bertz CT molecular complexity index is 1670. The van der Waals surface area contributed by atoms with Crippen molar-refractivity contribution >= 4 is 68.1 Å². The fourth-order valence-corrected chi connectivity index (χ4v) is 8.23. The summed E-state index contributed by atoms with van der Waals surface area (Å²) >= 11 is 5.68. The van der Waals surface area contributed by atoms with Crippen molar-refractivity contribution in [1.82, 2.24) is 4.57 Å². The average molecular weight is 623 g/mol. The number of hydrogen-bond acceptors (Lipinski definition) is 7. The number of hydrogen-bond donors (Lipinski definition) is 2. The second-order valence-corrected chi connectivity index (χ2v) is 12.2. The molecule has 2 N–H and O–H groups in total. The van der Waals surface area contributed by atoms with Crippen LogP contribution in [-0.2, 0) is 20.9 Å². The Morgan fingerprint density at radius 2 is 1.69 bits per heavy atom. The summed E-state index contributed by atoms with van der Waals surface area (Å²) in [4.78, 5) is 55.2. The number of nitrogens with one attached hydrogen (secondary N) is 1. The Kier molecular flexibility index (Phi) is 6.66. The Morgan fingerprint density at radius 3 is 2.41 bits per heavy atom. The maximum atomic E-state index is 13.8. The van der Waals surface area contributed by atoms with E-state index in [2.05, 4.69) is 21.2 Å². The van der Waals surface area contributed by atoms with Gasteiger partial charge in [0, 0.05) is 21.0 Å². The van der Waals surface area contributed by atoms with Gasteiger partial charge in [-0.2, -0.15) is 0 Å². The molecular weight excluding hydrogens is 602 g/mol. The van der Waals surface area contributed by atoms with Crippen LogP contribution in [0.3, 0.4) is 0 Å². The number of fused-ring (bicyclic) bond motifs is 2. The smallest absolute Gasteiger partial charge is 0.308 e. The van der Waals surface area contributed by atoms with Crippen molar-refractivity contribution in [2.75, 3.05) is 10.2 Å². The number of para-hydroxylation sites is 1. The molecule has 3 atom stereocenters. The molecule has 2 aliphatic heterocycles. The largest absolute Gasteiger partial charge is 0.508 e. The van der Waals surface area contributed by atoms with Crippen LogP contribution in [0.5, 0.6) is 5.75 Å². The molecule has 3 amide bonds. The van der Waals surface area contributed by atoms with Gasteiger partial charge in [0.15, 0.2) is 0 Å². The van der Waals surface area contributed by atoms with Crippen LogP contribution in [0.2, 0.25) is 0 Å². The van der Waals surface area contributed by atoms with Gasteiger partial charge < -0.3 is 10.4 Å². The Balaban J connectivity index is 1.41. The number of imide groups is 1. The number of carbonyl (C=O) groups excluding carboxylic acids is 3. The van der Waals surface area contributed by atoms with Gasteiger partial charge in [-0.15, -0.1) is 0 Å². The summed E-state index contributed by atoms with van der Waals surface area (Å²) < 4.78 is 2.19. The minimum atomic E-state index is -0.755. The number of halogens is 1. The van der Waals surface area contributed by atoms with Gasteiger partial charge in [0.2, 0.25) is 17.7 Å². The molecule has 1 aromatic heterocycles. The molecule has 0 saturated carbocycles. The highest BCUT2D eigenvalue weighted by atomic mass is 79.9. The van der Waals surface area contributed by atoms with Crippen LogP contribution >= 0.6 is 39.0 Å². The van der Waals surface area contributed by atoms with Gasteiger partial charge in [-0.3, -0.25) is 23.7 Å². The van der Waals surface area contributed by atoms with Crippen molar-refractivity contribution in [1.29, 1.82) is 0 Å². The second-order valence-electron chi connectivity index (χ2n) is 9.16. The molecule has 196 valence electrons. The number of nitrogens with zero attached hydrogens (tertiary/aromatic N) is 2. The Morgan fingerprint density at radius 1 is 0.949 bits per heavy atom. The van der Waals surface area contributed by atoms with E-state index in [-0.39, 0.29) is 29.0 Å². The third-order valence-electron chi connectivity index (χ3n) is 6.72. The molecular formula is C28H20BrN3O5S2. The lowest BCUT2D eigenvalue weighted by Crippen LogP contribution is -2.33. The lowest BCUT2D eigenvalue weighted by molar-refractivity contribution is -0.122. The molecule has 4 aromatic rings. The molecule has 6 rings (SSSR count). The van der Waals surface area contributed by atoms with Gasteiger partial charge >= 0.3 is 4.87 Å². The first-order valence-electron chi connectivity index (χ1n) is 12.0. The number of thioether (sulfide) groups is 1. The summed E-state index contributed by atoms with van der Waals surface area (Å²) in [5, 5.41) is 12.0. The molecule has 0 radical (unpaired) electrons. The summed E-state index contributed by atoms with van der Waals surface area (Å²) in [6, 6.07) is 22.4. The zero-order valence-electron chi connectivity index (χ0n) is 20.1. The van der Waals surface area contributed by atoms with Gasteiger partial charge in [-0.25, -0.2) is 4.90 Å². The Hall–Kier alpha value is -3.67. The van der Waals surface area contributed by atoms with Crippen molar-refractivity contribution in [2.45, 2.75) is 22.7 Å². The lowest BCUT2D eigenvalue weighted by Gasteiger charge is -2.30. The molecule has 2 aliphatic rings. The number of aromatic hydroxyl groups is 1. The maximum absolute atomic E-state index is 13.8. The van der Waals surface area contributed by atoms with Crippen LogP contribution in [0, 0.1) is 5.92 Å². The number of thiazole rings is 1. The van der Waals surface area contributed by atoms with Gasteiger partial charge in [-0.05, 0) is 54.1 Å². The van der Waals surface area contributed by atoms with Crippen molar-refractivity contribution < 1.29 is 19.5 Å². The summed E-state index contributed by atoms with van der Waals surface area (Å²) in [5.41, 5.74) is 1.79. The quantitative estimate of drug-likeness (QED) is 0.244. The topological polar surface area (TPSA) is 109 Å². The molecule has 0 spiro atoms. The van der Waals surface area contributed by atoms with E-state index < -0.39 is 23.0 Å². The second kappa shape index (κ2) is 10.1.